The van der Waals surface area contributed by atoms with Crippen molar-refractivity contribution in [1.29, 1.82) is 0 Å². The van der Waals surface area contributed by atoms with Gasteiger partial charge >= 0.3 is 0 Å². The molecule has 5 rings (SSSR count). The fraction of sp³-hybridized carbons (Fsp3) is 0.200. The van der Waals surface area contributed by atoms with Crippen molar-refractivity contribution in [1.82, 2.24) is 9.97 Å². The van der Waals surface area contributed by atoms with Crippen LogP contribution in [0.25, 0.3) is 22.3 Å². The van der Waals surface area contributed by atoms with Gasteiger partial charge in [0.05, 0.1) is 18.2 Å². The molecule has 1 N–H and O–H groups in total. The van der Waals surface area contributed by atoms with Gasteiger partial charge in [0.2, 0.25) is 0 Å². The number of piperazine rings is 1. The van der Waals surface area contributed by atoms with Crippen LogP contribution in [-0.2, 0) is 0 Å². The maximum absolute atomic E-state index is 14.1. The van der Waals surface area contributed by atoms with Gasteiger partial charge in [-0.3, -0.25) is 0 Å². The molecular formula is C25H23FN4O2. The van der Waals surface area contributed by atoms with Gasteiger partial charge in [-0.05, 0) is 42.5 Å². The lowest BCUT2D eigenvalue weighted by molar-refractivity contribution is 0.414. The van der Waals surface area contributed by atoms with Crippen LogP contribution < -0.4 is 14.5 Å². The monoisotopic (exact) mass is 430 g/mol. The van der Waals surface area contributed by atoms with Crippen LogP contribution in [0.2, 0.25) is 0 Å². The molecule has 6 nitrogen and oxygen atoms in total. The minimum atomic E-state index is -0.326. The molecular weight excluding hydrogens is 407 g/mol. The number of aromatic hydroxyl groups is 1. The van der Waals surface area contributed by atoms with E-state index in [0.717, 1.165) is 37.6 Å². The summed E-state index contributed by atoms with van der Waals surface area (Å²) < 4.78 is 19.4. The number of phenolic OH excluding ortho intramolecular Hbond substituents is 1. The Hall–Kier alpha value is -3.87. The largest absolute Gasteiger partial charge is 0.507 e. The SMILES string of the molecule is COc1cccc(N2CCN(c3nc(-c4ccccc4O)nc4ccc(F)cc34)CC2)c1. The van der Waals surface area contributed by atoms with Crippen molar-refractivity contribution in [2.24, 2.45) is 0 Å². The van der Waals surface area contributed by atoms with E-state index in [1.807, 2.05) is 24.3 Å². The minimum absolute atomic E-state index is 0.114. The molecule has 1 aliphatic heterocycles. The minimum Gasteiger partial charge on any atom is -0.507 e. The molecule has 0 unspecified atom stereocenters. The Kier molecular flexibility index (Phi) is 5.23. The first-order chi connectivity index (χ1) is 15.6. The number of anilines is 2. The average Bonchev–Trinajstić information content (AvgIpc) is 2.84. The molecule has 0 atom stereocenters. The number of hydrogen-bond acceptors (Lipinski definition) is 6. The molecule has 7 heteroatoms. The number of ether oxygens (including phenoxy) is 1. The third-order valence-electron chi connectivity index (χ3n) is 5.78. The topological polar surface area (TPSA) is 61.7 Å². The first-order valence-electron chi connectivity index (χ1n) is 10.5. The Morgan fingerprint density at radius 3 is 2.44 bits per heavy atom. The van der Waals surface area contributed by atoms with Gasteiger partial charge in [-0.1, -0.05) is 18.2 Å². The van der Waals surface area contributed by atoms with Crippen LogP contribution in [0, 0.1) is 5.82 Å². The Balaban J connectivity index is 1.49. The molecule has 3 aromatic carbocycles. The lowest BCUT2D eigenvalue weighted by atomic mass is 10.1. The molecule has 0 spiro atoms. The number of aromatic nitrogens is 2. The smallest absolute Gasteiger partial charge is 0.165 e. The summed E-state index contributed by atoms with van der Waals surface area (Å²) in [7, 11) is 1.67. The average molecular weight is 430 g/mol. The highest BCUT2D eigenvalue weighted by Gasteiger charge is 2.22. The first-order valence-corrected chi connectivity index (χ1v) is 10.5. The van der Waals surface area contributed by atoms with E-state index >= 15 is 0 Å². The molecule has 1 fully saturated rings. The second-order valence-electron chi connectivity index (χ2n) is 7.73. The Labute approximate surface area is 185 Å². The molecule has 0 amide bonds. The quantitative estimate of drug-likeness (QED) is 0.515. The van der Waals surface area contributed by atoms with Gasteiger partial charge < -0.3 is 19.6 Å². The van der Waals surface area contributed by atoms with E-state index in [4.69, 9.17) is 9.72 Å². The number of benzene rings is 3. The summed E-state index contributed by atoms with van der Waals surface area (Å²) in [4.78, 5) is 13.8. The maximum atomic E-state index is 14.1. The summed E-state index contributed by atoms with van der Waals surface area (Å²) in [6.45, 7) is 3.03. The fourth-order valence-electron chi connectivity index (χ4n) is 4.09. The highest BCUT2D eigenvalue weighted by molar-refractivity contribution is 5.91. The summed E-state index contributed by atoms with van der Waals surface area (Å²) in [5.41, 5.74) is 2.30. The number of phenols is 1. The van der Waals surface area contributed by atoms with Crippen molar-refractivity contribution >= 4 is 22.4 Å². The number of para-hydroxylation sites is 1. The zero-order valence-corrected chi connectivity index (χ0v) is 17.7. The van der Waals surface area contributed by atoms with E-state index < -0.39 is 0 Å². The Bertz CT molecular complexity index is 1270. The highest BCUT2D eigenvalue weighted by Crippen LogP contribution is 2.32. The zero-order chi connectivity index (χ0) is 22.1. The van der Waals surface area contributed by atoms with E-state index in [9.17, 15) is 9.50 Å². The summed E-state index contributed by atoms with van der Waals surface area (Å²) in [6.07, 6.45) is 0. The van der Waals surface area contributed by atoms with Crippen molar-refractivity contribution in [3.05, 3.63) is 72.5 Å². The van der Waals surface area contributed by atoms with Gasteiger partial charge in [0.1, 0.15) is 23.1 Å². The second-order valence-corrected chi connectivity index (χ2v) is 7.73. The predicted octanol–water partition coefficient (Wildman–Crippen LogP) is 4.48. The molecule has 0 saturated carbocycles. The van der Waals surface area contributed by atoms with Gasteiger partial charge in [-0.15, -0.1) is 0 Å². The van der Waals surface area contributed by atoms with Gasteiger partial charge in [0.25, 0.3) is 0 Å². The van der Waals surface area contributed by atoms with Gasteiger partial charge in [0.15, 0.2) is 5.82 Å². The van der Waals surface area contributed by atoms with E-state index in [2.05, 4.69) is 20.9 Å². The van der Waals surface area contributed by atoms with Gasteiger partial charge in [-0.2, -0.15) is 0 Å². The lowest BCUT2D eigenvalue weighted by Gasteiger charge is -2.37. The van der Waals surface area contributed by atoms with Crippen molar-refractivity contribution in [2.75, 3.05) is 43.1 Å². The van der Waals surface area contributed by atoms with Crippen LogP contribution in [0.1, 0.15) is 0 Å². The summed E-state index contributed by atoms with van der Waals surface area (Å²) in [6, 6.07) is 19.5. The maximum Gasteiger partial charge on any atom is 0.165 e. The van der Waals surface area contributed by atoms with Crippen molar-refractivity contribution in [3.8, 4) is 22.9 Å². The van der Waals surface area contributed by atoms with Crippen molar-refractivity contribution in [2.45, 2.75) is 0 Å². The van der Waals surface area contributed by atoms with E-state index in [1.54, 1.807) is 31.4 Å². The van der Waals surface area contributed by atoms with Gasteiger partial charge in [-0.25, -0.2) is 14.4 Å². The zero-order valence-electron chi connectivity index (χ0n) is 17.7. The van der Waals surface area contributed by atoms with Crippen LogP contribution in [0.5, 0.6) is 11.5 Å². The van der Waals surface area contributed by atoms with Crippen molar-refractivity contribution < 1.29 is 14.2 Å². The number of rotatable bonds is 4. The van der Waals surface area contributed by atoms with Crippen LogP contribution in [-0.4, -0.2) is 48.4 Å². The summed E-state index contributed by atoms with van der Waals surface area (Å²) in [5, 5.41) is 11.0. The van der Waals surface area contributed by atoms with Crippen LogP contribution in [0.4, 0.5) is 15.9 Å². The van der Waals surface area contributed by atoms with Crippen molar-refractivity contribution in [3.63, 3.8) is 0 Å². The summed E-state index contributed by atoms with van der Waals surface area (Å²) >= 11 is 0. The molecule has 4 aromatic rings. The standard InChI is InChI=1S/C25H23FN4O2/c1-32-19-6-4-5-18(16-19)29-11-13-30(14-12-29)25-21-15-17(26)9-10-22(21)27-24(28-25)20-7-2-3-8-23(20)31/h2-10,15-16,31H,11-14H2,1H3. The predicted molar refractivity (Wildman–Crippen MR) is 124 cm³/mol. The third kappa shape index (κ3) is 3.77. The molecule has 32 heavy (non-hydrogen) atoms. The first kappa shape index (κ1) is 20.1. The normalized spacial score (nSPS) is 14.1. The van der Waals surface area contributed by atoms with Crippen LogP contribution in [0.3, 0.4) is 0 Å². The molecule has 0 bridgehead atoms. The third-order valence-corrected chi connectivity index (χ3v) is 5.78. The summed E-state index contributed by atoms with van der Waals surface area (Å²) in [5.74, 6) is 1.72. The molecule has 1 aromatic heterocycles. The van der Waals surface area contributed by atoms with Gasteiger partial charge in [0, 0.05) is 43.3 Å². The number of halogens is 1. The number of fused-ring (bicyclic) bond motifs is 1. The van der Waals surface area contributed by atoms with Crippen LogP contribution in [0.15, 0.2) is 66.7 Å². The van der Waals surface area contributed by atoms with E-state index in [-0.39, 0.29) is 11.6 Å². The molecule has 0 radical (unpaired) electrons. The van der Waals surface area contributed by atoms with E-state index in [0.29, 0.717) is 28.1 Å². The molecule has 1 saturated heterocycles. The molecule has 162 valence electrons. The van der Waals surface area contributed by atoms with Crippen LogP contribution >= 0.6 is 0 Å². The molecule has 0 aliphatic carbocycles. The lowest BCUT2D eigenvalue weighted by Crippen LogP contribution is -2.47. The Morgan fingerprint density at radius 2 is 1.66 bits per heavy atom. The van der Waals surface area contributed by atoms with E-state index in [1.165, 1.54) is 12.1 Å². The second kappa shape index (κ2) is 8.34. The number of hydrogen-bond donors (Lipinski definition) is 1. The molecule has 1 aliphatic rings. The Morgan fingerprint density at radius 1 is 0.875 bits per heavy atom. The fourth-order valence-corrected chi connectivity index (χ4v) is 4.09. The molecule has 2 heterocycles. The highest BCUT2D eigenvalue weighted by atomic mass is 19.1. The number of nitrogens with zero attached hydrogens (tertiary/aromatic N) is 4. The number of methoxy groups -OCH3 is 1.